The van der Waals surface area contributed by atoms with Crippen LogP contribution in [0.3, 0.4) is 0 Å². The van der Waals surface area contributed by atoms with E-state index in [1.54, 1.807) is 69.6 Å². The number of benzene rings is 5. The van der Waals surface area contributed by atoms with Crippen LogP contribution in [-0.2, 0) is 52.6 Å². The Morgan fingerprint density at radius 2 is 1.05 bits per heavy atom. The second-order valence-electron chi connectivity index (χ2n) is 18.0. The molecule has 0 aliphatic carbocycles. The Kier molecular flexibility index (Phi) is 15.9. The summed E-state index contributed by atoms with van der Waals surface area (Å²) in [5.74, 6) is -1.17. The molecule has 1 N–H and O–H groups in total. The number of aromatic nitrogens is 2. The Morgan fingerprint density at radius 3 is 1.49 bits per heavy atom. The number of carbonyl (C=O) groups excluding carboxylic acids is 2. The molecule has 0 fully saturated rings. The van der Waals surface area contributed by atoms with Crippen LogP contribution in [0.15, 0.2) is 97.3 Å². The number of aromatic hydroxyl groups is 1. The number of phenolic OH excluding ortho intramolecular Hbond substituents is 1. The van der Waals surface area contributed by atoms with Crippen LogP contribution in [0.5, 0.6) is 17.2 Å². The number of methoxy groups -OCH3 is 1. The minimum absolute atomic E-state index is 0.0227. The van der Waals surface area contributed by atoms with Gasteiger partial charge in [0.15, 0.2) is 11.5 Å². The van der Waals surface area contributed by atoms with Gasteiger partial charge in [-0.05, 0) is 103 Å². The number of carbonyl (C=O) groups is 2. The molecule has 2 aliphatic heterocycles. The summed E-state index contributed by atoms with van der Waals surface area (Å²) >= 11 is 0. The molecule has 75 heavy (non-hydrogen) atoms. The van der Waals surface area contributed by atoms with E-state index in [1.165, 1.54) is 48.9 Å². The third-order valence-corrected chi connectivity index (χ3v) is 15.4. The summed E-state index contributed by atoms with van der Waals surface area (Å²) < 4.78 is 119. The van der Waals surface area contributed by atoms with Crippen LogP contribution in [0.4, 0.5) is 28.9 Å². The fraction of sp³-hybridized carbons (Fsp3) is 0.296. The van der Waals surface area contributed by atoms with E-state index < -0.39 is 45.2 Å². The highest BCUT2D eigenvalue weighted by molar-refractivity contribution is 7.92. The number of pyridine rings is 2. The van der Waals surface area contributed by atoms with Crippen molar-refractivity contribution in [2.24, 2.45) is 0 Å². The van der Waals surface area contributed by atoms with Gasteiger partial charge in [-0.3, -0.25) is 28.2 Å². The van der Waals surface area contributed by atoms with Crippen LogP contribution in [0.25, 0.3) is 21.8 Å². The van der Waals surface area contributed by atoms with Crippen molar-refractivity contribution in [3.8, 4) is 17.2 Å². The lowest BCUT2D eigenvalue weighted by Crippen LogP contribution is -2.31. The normalized spacial score (nSPS) is 13.2. The van der Waals surface area contributed by atoms with Gasteiger partial charge in [0, 0.05) is 73.6 Å². The first-order valence-electron chi connectivity index (χ1n) is 23.8. The lowest BCUT2D eigenvalue weighted by Gasteiger charge is -2.26. The van der Waals surface area contributed by atoms with Crippen LogP contribution in [0.2, 0.25) is 0 Å². The molecule has 4 heterocycles. The van der Waals surface area contributed by atoms with Gasteiger partial charge in [-0.2, -0.15) is 0 Å². The molecule has 2 aliphatic rings. The number of hydrogen-bond donors (Lipinski definition) is 1. The number of phenols is 1. The first-order valence-corrected chi connectivity index (χ1v) is 27.5. The highest BCUT2D eigenvalue weighted by atomic mass is 32.2. The Balaban J connectivity index is 0.000000205. The minimum Gasteiger partial charge on any atom is -0.505 e. The van der Waals surface area contributed by atoms with E-state index in [4.69, 9.17) is 14.5 Å². The molecule has 7 aromatic rings. The van der Waals surface area contributed by atoms with E-state index in [0.29, 0.717) is 57.3 Å². The summed E-state index contributed by atoms with van der Waals surface area (Å²) in [6, 6.07) is 22.9. The monoisotopic (exact) mass is 1070 g/mol. The van der Waals surface area contributed by atoms with Crippen molar-refractivity contribution < 1.29 is 58.6 Å². The average Bonchev–Trinajstić information content (AvgIpc) is 3.88. The number of halogens is 4. The zero-order valence-electron chi connectivity index (χ0n) is 41.7. The van der Waals surface area contributed by atoms with Gasteiger partial charge >= 0.3 is 0 Å². The van der Waals surface area contributed by atoms with Crippen molar-refractivity contribution in [3.05, 3.63) is 159 Å². The predicted octanol–water partition coefficient (Wildman–Crippen LogP) is 8.65. The molecule has 9 rings (SSSR count). The van der Waals surface area contributed by atoms with Crippen molar-refractivity contribution in [1.82, 2.24) is 19.8 Å². The van der Waals surface area contributed by atoms with Crippen molar-refractivity contribution in [1.29, 1.82) is 0 Å². The van der Waals surface area contributed by atoms with Gasteiger partial charge in [-0.25, -0.2) is 34.4 Å². The molecule has 0 bridgehead atoms. The zero-order chi connectivity index (χ0) is 53.9. The maximum absolute atomic E-state index is 13.6. The van der Waals surface area contributed by atoms with E-state index in [2.05, 4.69) is 4.98 Å². The van der Waals surface area contributed by atoms with Crippen LogP contribution in [-0.4, -0.2) is 113 Å². The Labute approximate surface area is 432 Å². The number of ether oxygens (including phenoxy) is 2. The largest absolute Gasteiger partial charge is 0.505 e. The molecular formula is C54H54F4N6O9S2. The third kappa shape index (κ3) is 11.1. The zero-order valence-corrected chi connectivity index (χ0v) is 43.4. The lowest BCUT2D eigenvalue weighted by molar-refractivity contribution is 0.0758. The summed E-state index contributed by atoms with van der Waals surface area (Å²) in [7, 11) is -5.94. The molecule has 5 aromatic carbocycles. The minimum atomic E-state index is -3.77. The van der Waals surface area contributed by atoms with Gasteiger partial charge in [0.25, 0.3) is 11.8 Å². The summed E-state index contributed by atoms with van der Waals surface area (Å²) in [6.07, 6.45) is 6.15. The first-order chi connectivity index (χ1) is 35.8. The van der Waals surface area contributed by atoms with Gasteiger partial charge in [0.2, 0.25) is 20.0 Å². The first kappa shape index (κ1) is 53.8. The van der Waals surface area contributed by atoms with Crippen LogP contribution in [0.1, 0.15) is 73.5 Å². The van der Waals surface area contributed by atoms with Gasteiger partial charge in [0.05, 0.1) is 42.1 Å². The maximum Gasteiger partial charge on any atom is 0.258 e. The highest BCUT2D eigenvalue weighted by Crippen LogP contribution is 2.47. The van der Waals surface area contributed by atoms with Crippen molar-refractivity contribution in [2.75, 3.05) is 67.8 Å². The number of anilines is 2. The van der Waals surface area contributed by atoms with Crippen molar-refractivity contribution in [2.45, 2.75) is 46.4 Å². The summed E-state index contributed by atoms with van der Waals surface area (Å²) in [5.41, 5.74) is 5.83. The Morgan fingerprint density at radius 1 is 0.627 bits per heavy atom. The van der Waals surface area contributed by atoms with E-state index in [1.807, 2.05) is 18.2 Å². The molecule has 394 valence electrons. The smallest absolute Gasteiger partial charge is 0.258 e. The van der Waals surface area contributed by atoms with Crippen molar-refractivity contribution >= 4 is 65.0 Å². The fourth-order valence-electron chi connectivity index (χ4n) is 9.57. The maximum atomic E-state index is 13.6. The van der Waals surface area contributed by atoms with Gasteiger partial charge < -0.3 is 24.4 Å². The molecular weight excluding hydrogens is 1020 g/mol. The molecule has 0 unspecified atom stereocenters. The lowest BCUT2D eigenvalue weighted by atomic mass is 9.98. The van der Waals surface area contributed by atoms with Crippen LogP contribution < -0.4 is 18.1 Å². The SMILES string of the molecule is CCN(c1c2c(c(O)c3ncc(Cc4ccc(F)cc4)cc13)C(=O)N(CCF)C2)S(C)(=O)=O.CCN(c1c2c(c(OCc3ccc(OC)cc3)c3ncc(Cc4ccc(F)cc4)cc13)C(=O)N(CCF)C2)S(C)(=O)=O. The fourth-order valence-corrected chi connectivity index (χ4v) is 11.6. The Bertz CT molecular complexity index is 3540. The van der Waals surface area contributed by atoms with E-state index in [-0.39, 0.29) is 91.3 Å². The summed E-state index contributed by atoms with van der Waals surface area (Å²) in [5, 5.41) is 11.8. The van der Waals surface area contributed by atoms with Gasteiger partial charge in [-0.15, -0.1) is 0 Å². The molecule has 2 aromatic heterocycles. The quantitative estimate of drug-likeness (QED) is 0.0813. The Hall–Kier alpha value is -7.52. The molecule has 0 saturated carbocycles. The number of hydrogen-bond acceptors (Lipinski definition) is 11. The second-order valence-corrected chi connectivity index (χ2v) is 21.8. The van der Waals surface area contributed by atoms with E-state index >= 15 is 0 Å². The van der Waals surface area contributed by atoms with Gasteiger partial charge in [-0.1, -0.05) is 36.4 Å². The topological polar surface area (TPSA) is 180 Å². The van der Waals surface area contributed by atoms with Crippen LogP contribution >= 0.6 is 0 Å². The van der Waals surface area contributed by atoms with E-state index in [0.717, 1.165) is 34.8 Å². The molecule has 0 atom stereocenters. The molecule has 0 spiro atoms. The summed E-state index contributed by atoms with van der Waals surface area (Å²) in [6.45, 7) is 1.84. The third-order valence-electron chi connectivity index (χ3n) is 12.9. The number of amides is 2. The standard InChI is InChI=1S/C31H31F2N3O5S.C23H23F2N3O4S/c1-4-36(42(3,38)39)29-25-16-22(15-20-5-9-23(33)10-6-20)17-34-28(25)30(27-26(29)18-35(14-13-32)31(27)37)41-19-21-7-11-24(40-2)12-8-21;1-3-28(33(2,31)32)21-17-11-15(10-14-4-6-16(25)7-5-14)12-26-20(17)22(29)19-18(21)13-27(9-8-24)23(19)30/h5-12,16-17H,4,13-15,18-19H2,1-3H3;4-7,11-12,29H,3,8-10,13H2,1-2H3. The average molecular weight is 1070 g/mol. The highest BCUT2D eigenvalue weighted by Gasteiger charge is 2.40. The van der Waals surface area contributed by atoms with Gasteiger partial charge in [0.1, 0.15) is 48.4 Å². The molecule has 0 radical (unpaired) electrons. The summed E-state index contributed by atoms with van der Waals surface area (Å²) in [4.78, 5) is 38.1. The molecule has 21 heteroatoms. The number of alkyl halides is 2. The number of rotatable bonds is 18. The molecule has 0 saturated heterocycles. The number of fused-ring (bicyclic) bond motifs is 4. The molecule has 2 amide bonds. The van der Waals surface area contributed by atoms with Crippen LogP contribution in [0, 0.1) is 11.6 Å². The predicted molar refractivity (Wildman–Crippen MR) is 278 cm³/mol. The number of sulfonamides is 2. The molecule has 15 nitrogen and oxygen atoms in total. The number of nitrogens with zero attached hydrogens (tertiary/aromatic N) is 6. The van der Waals surface area contributed by atoms with Crippen molar-refractivity contribution in [3.63, 3.8) is 0 Å². The van der Waals surface area contributed by atoms with E-state index in [9.17, 15) is 49.1 Å². The second kappa shape index (κ2) is 22.1.